The van der Waals surface area contributed by atoms with Crippen LogP contribution in [-0.4, -0.2) is 52.3 Å². The number of hydrogen-bond acceptors (Lipinski definition) is 7. The van der Waals surface area contributed by atoms with E-state index < -0.39 is 0 Å². The predicted octanol–water partition coefficient (Wildman–Crippen LogP) is 4.18. The fraction of sp³-hybridized carbons (Fsp3) is 0.348. The molecule has 0 saturated heterocycles. The highest BCUT2D eigenvalue weighted by Gasteiger charge is 2.17. The average molecular weight is 454 g/mol. The highest BCUT2D eigenvalue weighted by Crippen LogP contribution is 2.33. The molecule has 0 N–H and O–H groups in total. The van der Waals surface area contributed by atoms with Gasteiger partial charge in [-0.1, -0.05) is 23.9 Å². The Labute approximate surface area is 191 Å². The molecule has 168 valence electrons. The van der Waals surface area contributed by atoms with Crippen molar-refractivity contribution in [2.75, 3.05) is 27.9 Å². The van der Waals surface area contributed by atoms with Crippen LogP contribution >= 0.6 is 11.8 Å². The molecule has 0 aliphatic heterocycles. The number of thioether (sulfide) groups is 1. The number of hydrogen-bond donors (Lipinski definition) is 0. The van der Waals surface area contributed by atoms with Crippen molar-refractivity contribution in [3.63, 3.8) is 0 Å². The van der Waals surface area contributed by atoms with Crippen molar-refractivity contribution in [2.24, 2.45) is 7.05 Å². The minimum absolute atomic E-state index is 0.658. The van der Waals surface area contributed by atoms with Crippen LogP contribution in [0.25, 0.3) is 22.4 Å². The van der Waals surface area contributed by atoms with Crippen molar-refractivity contribution in [3.8, 4) is 22.9 Å². The van der Waals surface area contributed by atoms with E-state index in [0.29, 0.717) is 23.9 Å². The summed E-state index contributed by atoms with van der Waals surface area (Å²) in [6.07, 6.45) is 0.856. The van der Waals surface area contributed by atoms with Crippen molar-refractivity contribution in [2.45, 2.75) is 23.9 Å². The van der Waals surface area contributed by atoms with Crippen molar-refractivity contribution in [1.82, 2.24) is 24.3 Å². The average Bonchev–Trinajstić information content (AvgIpc) is 3.38. The number of fused-ring (bicyclic) bond motifs is 1. The van der Waals surface area contributed by atoms with E-state index in [-0.39, 0.29) is 0 Å². The Morgan fingerprint density at radius 2 is 1.78 bits per heavy atom. The summed E-state index contributed by atoms with van der Waals surface area (Å²) in [5, 5.41) is 9.84. The number of rotatable bonds is 10. The topological polar surface area (TPSA) is 76.2 Å². The summed E-state index contributed by atoms with van der Waals surface area (Å²) in [5.41, 5.74) is 3.04. The molecule has 9 heteroatoms. The Balaban J connectivity index is 1.63. The van der Waals surface area contributed by atoms with Crippen LogP contribution in [0.4, 0.5) is 0 Å². The van der Waals surface area contributed by atoms with E-state index in [1.54, 1.807) is 33.1 Å². The molecule has 2 aromatic heterocycles. The van der Waals surface area contributed by atoms with Crippen LogP contribution in [0, 0.1) is 0 Å². The third kappa shape index (κ3) is 4.44. The Kier molecular flexibility index (Phi) is 6.96. The van der Waals surface area contributed by atoms with Crippen molar-refractivity contribution < 1.29 is 14.2 Å². The lowest BCUT2D eigenvalue weighted by Gasteiger charge is -2.12. The van der Waals surface area contributed by atoms with Gasteiger partial charge in [0.1, 0.15) is 5.82 Å². The number of nitrogens with zero attached hydrogens (tertiary/aromatic N) is 5. The molecule has 0 atom stereocenters. The van der Waals surface area contributed by atoms with Crippen molar-refractivity contribution >= 4 is 22.8 Å². The predicted molar refractivity (Wildman–Crippen MR) is 125 cm³/mol. The van der Waals surface area contributed by atoms with Crippen LogP contribution in [0.2, 0.25) is 0 Å². The van der Waals surface area contributed by atoms with Gasteiger partial charge in [-0.15, -0.1) is 10.2 Å². The highest BCUT2D eigenvalue weighted by atomic mass is 32.2. The molecule has 0 spiro atoms. The van der Waals surface area contributed by atoms with Gasteiger partial charge < -0.3 is 23.3 Å². The number of imidazole rings is 1. The van der Waals surface area contributed by atoms with Gasteiger partial charge in [0.25, 0.3) is 0 Å². The zero-order valence-corrected chi connectivity index (χ0v) is 19.6. The van der Waals surface area contributed by atoms with Crippen LogP contribution in [0.15, 0.2) is 47.6 Å². The molecule has 4 aromatic rings. The number of benzene rings is 2. The van der Waals surface area contributed by atoms with Gasteiger partial charge in [0.15, 0.2) is 22.5 Å². The fourth-order valence-electron chi connectivity index (χ4n) is 3.61. The van der Waals surface area contributed by atoms with Gasteiger partial charge in [0, 0.05) is 32.9 Å². The van der Waals surface area contributed by atoms with Gasteiger partial charge >= 0.3 is 0 Å². The number of methoxy groups -OCH3 is 3. The zero-order chi connectivity index (χ0) is 22.5. The van der Waals surface area contributed by atoms with Gasteiger partial charge in [0.2, 0.25) is 0 Å². The maximum absolute atomic E-state index is 5.47. The van der Waals surface area contributed by atoms with E-state index in [1.165, 1.54) is 0 Å². The number of aryl methyl sites for hydroxylation is 1. The van der Waals surface area contributed by atoms with E-state index in [0.717, 1.165) is 46.4 Å². The standard InChI is InChI=1S/C23H27N5O3S/c1-27-18-9-6-5-8-17(18)24-21(27)15-32-23-26-25-22(28(23)12-7-13-29-2)16-10-11-19(30-3)20(14-16)31-4/h5-6,8-11,14H,7,12-13,15H2,1-4H3. The summed E-state index contributed by atoms with van der Waals surface area (Å²) < 4.78 is 20.4. The van der Waals surface area contributed by atoms with Gasteiger partial charge in [-0.05, 0) is 36.8 Å². The van der Waals surface area contributed by atoms with E-state index >= 15 is 0 Å². The Morgan fingerprint density at radius 1 is 0.969 bits per heavy atom. The summed E-state index contributed by atoms with van der Waals surface area (Å²) in [4.78, 5) is 4.77. The summed E-state index contributed by atoms with van der Waals surface area (Å²) >= 11 is 1.63. The van der Waals surface area contributed by atoms with E-state index in [1.807, 2.05) is 43.4 Å². The van der Waals surface area contributed by atoms with Crippen LogP contribution in [0.1, 0.15) is 12.2 Å². The largest absolute Gasteiger partial charge is 0.493 e. The quantitative estimate of drug-likeness (QED) is 0.263. The molecule has 8 nitrogen and oxygen atoms in total. The molecule has 2 aromatic carbocycles. The molecular weight excluding hydrogens is 426 g/mol. The lowest BCUT2D eigenvalue weighted by Crippen LogP contribution is -2.06. The molecule has 0 bridgehead atoms. The number of aromatic nitrogens is 5. The minimum atomic E-state index is 0.658. The van der Waals surface area contributed by atoms with Gasteiger partial charge in [0.05, 0.1) is 31.0 Å². The van der Waals surface area contributed by atoms with E-state index in [4.69, 9.17) is 19.2 Å². The van der Waals surface area contributed by atoms with E-state index in [2.05, 4.69) is 25.4 Å². The molecule has 0 amide bonds. The summed E-state index contributed by atoms with van der Waals surface area (Å²) in [7, 11) is 7.01. The molecule has 0 unspecified atom stereocenters. The number of para-hydroxylation sites is 2. The lowest BCUT2D eigenvalue weighted by atomic mass is 10.2. The third-order valence-corrected chi connectivity index (χ3v) is 6.26. The maximum atomic E-state index is 5.47. The third-order valence-electron chi connectivity index (χ3n) is 5.30. The second kappa shape index (κ2) is 10.1. The van der Waals surface area contributed by atoms with Crippen LogP contribution in [0.5, 0.6) is 11.5 Å². The van der Waals surface area contributed by atoms with Crippen LogP contribution < -0.4 is 9.47 Å². The Bertz CT molecular complexity index is 1200. The van der Waals surface area contributed by atoms with Crippen molar-refractivity contribution in [1.29, 1.82) is 0 Å². The highest BCUT2D eigenvalue weighted by molar-refractivity contribution is 7.98. The second-order valence-electron chi connectivity index (χ2n) is 7.24. The van der Waals surface area contributed by atoms with E-state index in [9.17, 15) is 0 Å². The summed E-state index contributed by atoms with van der Waals surface area (Å²) in [5.74, 6) is 3.81. The molecule has 2 heterocycles. The second-order valence-corrected chi connectivity index (χ2v) is 8.18. The van der Waals surface area contributed by atoms with Gasteiger partial charge in [-0.3, -0.25) is 0 Å². The first kappa shape index (κ1) is 22.2. The molecular formula is C23H27N5O3S. The normalized spacial score (nSPS) is 11.2. The van der Waals surface area contributed by atoms with Gasteiger partial charge in [-0.2, -0.15) is 0 Å². The zero-order valence-electron chi connectivity index (χ0n) is 18.7. The van der Waals surface area contributed by atoms with Crippen LogP contribution in [-0.2, 0) is 24.1 Å². The SMILES string of the molecule is COCCCn1c(SCc2nc3ccccc3n2C)nnc1-c1ccc(OC)c(OC)c1. The van der Waals surface area contributed by atoms with Gasteiger partial charge in [-0.25, -0.2) is 4.98 Å². The minimum Gasteiger partial charge on any atom is -0.493 e. The molecule has 0 radical (unpaired) electrons. The maximum Gasteiger partial charge on any atom is 0.191 e. The first-order valence-electron chi connectivity index (χ1n) is 10.3. The molecule has 4 rings (SSSR count). The monoisotopic (exact) mass is 453 g/mol. The fourth-order valence-corrected chi connectivity index (χ4v) is 4.56. The first-order valence-corrected chi connectivity index (χ1v) is 11.3. The summed E-state index contributed by atoms with van der Waals surface area (Å²) in [6.45, 7) is 1.41. The molecule has 0 fully saturated rings. The molecule has 0 aliphatic carbocycles. The molecule has 0 aliphatic rings. The van der Waals surface area contributed by atoms with Crippen LogP contribution in [0.3, 0.4) is 0 Å². The molecule has 0 saturated carbocycles. The Hall–Kier alpha value is -3.04. The number of ether oxygens (including phenoxy) is 3. The smallest absolute Gasteiger partial charge is 0.191 e. The molecule has 32 heavy (non-hydrogen) atoms. The first-order chi connectivity index (χ1) is 15.7. The Morgan fingerprint density at radius 3 is 2.53 bits per heavy atom. The van der Waals surface area contributed by atoms with Crippen molar-refractivity contribution in [3.05, 3.63) is 48.3 Å². The lowest BCUT2D eigenvalue weighted by molar-refractivity contribution is 0.189. The summed E-state index contributed by atoms with van der Waals surface area (Å²) in [6, 6.07) is 13.9.